The van der Waals surface area contributed by atoms with Crippen LogP contribution in [-0.4, -0.2) is 36.1 Å². The number of aliphatic hydroxyl groups is 1. The van der Waals surface area contributed by atoms with Gasteiger partial charge in [-0.3, -0.25) is 0 Å². The molecule has 2 radical (unpaired) electrons. The highest BCUT2D eigenvalue weighted by molar-refractivity contribution is 6.32. The van der Waals surface area contributed by atoms with Crippen LogP contribution in [-0.2, 0) is 10.3 Å². The fourth-order valence-corrected chi connectivity index (χ4v) is 3.85. The smallest absolute Gasteiger partial charge is 0.411 e. The van der Waals surface area contributed by atoms with Crippen LogP contribution < -0.4 is 5.46 Å². The van der Waals surface area contributed by atoms with Gasteiger partial charge in [0.25, 0.3) is 0 Å². The highest BCUT2D eigenvalue weighted by atomic mass is 16.6. The van der Waals surface area contributed by atoms with Crippen LogP contribution >= 0.6 is 0 Å². The summed E-state index contributed by atoms with van der Waals surface area (Å²) in [7, 11) is 5.76. The highest BCUT2D eigenvalue weighted by Gasteiger charge is 2.46. The third-order valence-electron chi connectivity index (χ3n) is 5.18. The predicted octanol–water partition coefficient (Wildman–Crippen LogP) is 3.44. The van der Waals surface area contributed by atoms with Crippen LogP contribution in [0.5, 0.6) is 0 Å². The van der Waals surface area contributed by atoms with Gasteiger partial charge in [0.1, 0.15) is 13.4 Å². The summed E-state index contributed by atoms with van der Waals surface area (Å²) in [5, 5.41) is 10.4. The molecule has 140 valence electrons. The van der Waals surface area contributed by atoms with Gasteiger partial charge in [0.2, 0.25) is 0 Å². The predicted molar refractivity (Wildman–Crippen MR) is 107 cm³/mol. The lowest BCUT2D eigenvalue weighted by Crippen LogP contribution is -2.51. The molecule has 0 aliphatic carbocycles. The summed E-state index contributed by atoms with van der Waals surface area (Å²) in [5.74, 6) is 0. The number of benzene rings is 2. The first kappa shape index (κ1) is 19.5. The summed E-state index contributed by atoms with van der Waals surface area (Å²) in [6.07, 6.45) is 0.602. The molecule has 1 N–H and O–H groups in total. The Morgan fingerprint density at radius 2 is 1.81 bits per heavy atom. The molecule has 1 aliphatic heterocycles. The largest absolute Gasteiger partial charge is 0.438 e. The monoisotopic (exact) mass is 363 g/mol. The topological polar surface area (TPSA) is 49.8 Å². The summed E-state index contributed by atoms with van der Waals surface area (Å²) >= 11 is 0. The van der Waals surface area contributed by atoms with E-state index in [9.17, 15) is 9.90 Å². The Hall–Kier alpha value is -2.27. The van der Waals surface area contributed by atoms with E-state index < -0.39 is 11.2 Å². The first-order chi connectivity index (χ1) is 12.7. The molecule has 2 aromatic rings. The van der Waals surface area contributed by atoms with Crippen LogP contribution in [0.2, 0.25) is 0 Å². The van der Waals surface area contributed by atoms with Crippen LogP contribution in [0, 0.1) is 0 Å². The Morgan fingerprint density at radius 3 is 2.37 bits per heavy atom. The molecule has 3 rings (SSSR count). The number of cyclic esters (lactones) is 1. The Bertz CT molecular complexity index is 785. The third-order valence-corrected chi connectivity index (χ3v) is 5.18. The zero-order valence-corrected chi connectivity index (χ0v) is 16.2. The van der Waals surface area contributed by atoms with Gasteiger partial charge in [0.05, 0.1) is 11.6 Å². The second kappa shape index (κ2) is 7.39. The number of ether oxygens (including phenoxy) is 1. The molecule has 4 nitrogen and oxygen atoms in total. The van der Waals surface area contributed by atoms with Crippen molar-refractivity contribution in [2.75, 3.05) is 6.54 Å². The first-order valence-corrected chi connectivity index (χ1v) is 9.33. The average molecular weight is 363 g/mol. The quantitative estimate of drug-likeness (QED) is 0.828. The van der Waals surface area contributed by atoms with E-state index in [2.05, 4.69) is 0 Å². The summed E-state index contributed by atoms with van der Waals surface area (Å²) in [5.41, 5.74) is 0.839. The van der Waals surface area contributed by atoms with E-state index in [0.717, 1.165) is 11.1 Å². The number of nitrogens with zero attached hydrogens (tertiary/aromatic N) is 1. The molecular weight excluding hydrogens is 337 g/mol. The molecule has 1 heterocycles. The molecule has 1 saturated heterocycles. The maximum Gasteiger partial charge on any atom is 0.411 e. The minimum absolute atomic E-state index is 0.117. The van der Waals surface area contributed by atoms with Gasteiger partial charge in [-0.2, -0.15) is 0 Å². The molecule has 27 heavy (non-hydrogen) atoms. The highest BCUT2D eigenvalue weighted by Crippen LogP contribution is 2.42. The van der Waals surface area contributed by atoms with Crippen LogP contribution in [0.4, 0.5) is 4.79 Å². The Kier molecular flexibility index (Phi) is 5.34. The Balaban J connectivity index is 1.85. The lowest BCUT2D eigenvalue weighted by molar-refractivity contribution is -0.101. The molecule has 0 spiro atoms. The molecule has 1 aliphatic rings. The summed E-state index contributed by atoms with van der Waals surface area (Å²) in [4.78, 5) is 14.7. The normalized spacial score (nSPS) is 21.6. The van der Waals surface area contributed by atoms with Crippen molar-refractivity contribution in [2.24, 2.45) is 0 Å². The first-order valence-electron chi connectivity index (χ1n) is 9.33. The lowest BCUT2D eigenvalue weighted by atomic mass is 9.80. The van der Waals surface area contributed by atoms with Crippen LogP contribution in [0.1, 0.15) is 50.8 Å². The van der Waals surface area contributed by atoms with Crippen molar-refractivity contribution in [1.82, 2.24) is 4.90 Å². The zero-order valence-electron chi connectivity index (χ0n) is 16.2. The minimum atomic E-state index is -0.957. The molecule has 2 aromatic carbocycles. The van der Waals surface area contributed by atoms with Crippen LogP contribution in [0.15, 0.2) is 54.6 Å². The van der Waals surface area contributed by atoms with Gasteiger partial charge in [0, 0.05) is 19.4 Å². The van der Waals surface area contributed by atoms with Gasteiger partial charge < -0.3 is 14.7 Å². The molecule has 0 bridgehead atoms. The lowest BCUT2D eigenvalue weighted by Gasteiger charge is -2.45. The van der Waals surface area contributed by atoms with Gasteiger partial charge in [0.15, 0.2) is 0 Å². The summed E-state index contributed by atoms with van der Waals surface area (Å²) in [6, 6.07) is 17.1. The van der Waals surface area contributed by atoms with E-state index in [-0.39, 0.29) is 12.1 Å². The molecule has 0 saturated carbocycles. The van der Waals surface area contributed by atoms with Crippen LogP contribution in [0.3, 0.4) is 0 Å². The molecule has 2 unspecified atom stereocenters. The van der Waals surface area contributed by atoms with E-state index in [1.165, 1.54) is 0 Å². The number of hydrogen-bond acceptors (Lipinski definition) is 3. The molecule has 0 aromatic heterocycles. The summed E-state index contributed by atoms with van der Waals surface area (Å²) in [6.45, 7) is 6.03. The molecular formula is C22H26BNO3. The molecule has 5 heteroatoms. The van der Waals surface area contributed by atoms with Crippen molar-refractivity contribution in [3.05, 3.63) is 65.7 Å². The van der Waals surface area contributed by atoms with E-state index in [4.69, 9.17) is 12.6 Å². The SMILES string of the molecule is [B]c1ccc(C(C)N2CCC(CC(C)(C)O)(c3ccccc3)OC2=O)cc1. The van der Waals surface area contributed by atoms with Crippen molar-refractivity contribution in [3.8, 4) is 0 Å². The van der Waals surface area contributed by atoms with E-state index in [1.54, 1.807) is 18.7 Å². The number of rotatable bonds is 5. The van der Waals surface area contributed by atoms with Gasteiger partial charge in [-0.05, 0) is 31.9 Å². The Labute approximate surface area is 162 Å². The third kappa shape index (κ3) is 4.36. The standard InChI is InChI=1S/C22H26BNO3/c1-16(17-9-11-19(23)12-10-17)24-14-13-22(27-20(24)25,15-21(2,3)26)18-7-5-4-6-8-18/h4-12,16,26H,13-15H2,1-3H3. The molecule has 1 amide bonds. The van der Waals surface area contributed by atoms with Crippen molar-refractivity contribution in [3.63, 3.8) is 0 Å². The van der Waals surface area contributed by atoms with E-state index in [1.807, 2.05) is 61.5 Å². The second-order valence-electron chi connectivity index (χ2n) is 8.00. The van der Waals surface area contributed by atoms with E-state index >= 15 is 0 Å². The maximum absolute atomic E-state index is 12.9. The average Bonchev–Trinajstić information content (AvgIpc) is 2.61. The van der Waals surface area contributed by atoms with Gasteiger partial charge >= 0.3 is 6.09 Å². The van der Waals surface area contributed by atoms with Gasteiger partial charge in [-0.1, -0.05) is 60.1 Å². The van der Waals surface area contributed by atoms with Crippen molar-refractivity contribution >= 4 is 19.4 Å². The van der Waals surface area contributed by atoms with E-state index in [0.29, 0.717) is 24.8 Å². The fourth-order valence-electron chi connectivity index (χ4n) is 3.85. The van der Waals surface area contributed by atoms with Gasteiger partial charge in [-0.25, -0.2) is 4.79 Å². The van der Waals surface area contributed by atoms with Crippen molar-refractivity contribution < 1.29 is 14.6 Å². The van der Waals surface area contributed by atoms with Gasteiger partial charge in [-0.15, -0.1) is 0 Å². The zero-order chi connectivity index (χ0) is 19.7. The number of carbonyl (C=O) groups is 1. The fraction of sp³-hybridized carbons (Fsp3) is 0.409. The number of hydrogen-bond donors (Lipinski definition) is 1. The Morgan fingerprint density at radius 1 is 1.19 bits per heavy atom. The van der Waals surface area contributed by atoms with Crippen molar-refractivity contribution in [1.29, 1.82) is 0 Å². The molecule has 2 atom stereocenters. The number of amides is 1. The summed E-state index contributed by atoms with van der Waals surface area (Å²) < 4.78 is 6.02. The molecule has 1 fully saturated rings. The minimum Gasteiger partial charge on any atom is -0.438 e. The maximum atomic E-state index is 12.9. The second-order valence-corrected chi connectivity index (χ2v) is 8.00. The van der Waals surface area contributed by atoms with Crippen molar-refractivity contribution in [2.45, 2.75) is 50.9 Å². The number of carbonyl (C=O) groups excluding carboxylic acids is 1. The van der Waals surface area contributed by atoms with Crippen LogP contribution in [0.25, 0.3) is 0 Å².